The lowest BCUT2D eigenvalue weighted by Gasteiger charge is -2.12. The molecule has 7 nitrogen and oxygen atoms in total. The van der Waals surface area contributed by atoms with E-state index in [1.165, 1.54) is 38.4 Å². The summed E-state index contributed by atoms with van der Waals surface area (Å²) in [5.41, 5.74) is 0.422. The van der Waals surface area contributed by atoms with Crippen molar-refractivity contribution < 1.29 is 22.7 Å². The molecule has 0 unspecified atom stereocenters. The molecule has 8 heteroatoms. The third-order valence-corrected chi connectivity index (χ3v) is 4.40. The van der Waals surface area contributed by atoms with Gasteiger partial charge >= 0.3 is 5.97 Å². The number of hydrogen-bond donors (Lipinski definition) is 1. The normalized spacial score (nSPS) is 11.2. The van der Waals surface area contributed by atoms with E-state index in [4.69, 9.17) is 0 Å². The Morgan fingerprint density at radius 1 is 1.19 bits per heavy atom. The van der Waals surface area contributed by atoms with Crippen molar-refractivity contribution in [1.82, 2.24) is 4.31 Å². The summed E-state index contributed by atoms with van der Waals surface area (Å²) >= 11 is 0. The van der Waals surface area contributed by atoms with E-state index < -0.39 is 21.9 Å². The van der Waals surface area contributed by atoms with Crippen LogP contribution >= 0.6 is 0 Å². The number of sulfonamides is 1. The molecule has 116 valence electrons. The van der Waals surface area contributed by atoms with Crippen LogP contribution in [0, 0.1) is 0 Å². The van der Waals surface area contributed by atoms with Crippen LogP contribution < -0.4 is 5.32 Å². The van der Waals surface area contributed by atoms with Gasteiger partial charge in [-0.15, -0.1) is 0 Å². The fraction of sp³-hybridized carbons (Fsp3) is 0.385. The van der Waals surface area contributed by atoms with Crippen molar-refractivity contribution in [3.05, 3.63) is 24.3 Å². The van der Waals surface area contributed by atoms with Gasteiger partial charge in [-0.1, -0.05) is 6.92 Å². The first-order valence-corrected chi connectivity index (χ1v) is 7.69. The van der Waals surface area contributed by atoms with Crippen molar-refractivity contribution in [2.24, 2.45) is 0 Å². The molecule has 1 amide bonds. The third-order valence-electron chi connectivity index (χ3n) is 2.57. The Balaban J connectivity index is 2.67. The minimum Gasteiger partial charge on any atom is -0.456 e. The van der Waals surface area contributed by atoms with Crippen molar-refractivity contribution in [2.75, 3.05) is 26.0 Å². The highest BCUT2D eigenvalue weighted by atomic mass is 32.2. The van der Waals surface area contributed by atoms with E-state index >= 15 is 0 Å². The summed E-state index contributed by atoms with van der Waals surface area (Å²) in [5.74, 6) is -0.947. The van der Waals surface area contributed by atoms with E-state index in [1.807, 2.05) is 0 Å². The molecule has 0 heterocycles. The fourth-order valence-corrected chi connectivity index (χ4v) is 2.27. The number of carbonyl (C=O) groups excluding carboxylic acids is 2. The molecular weight excluding hydrogens is 296 g/mol. The standard InChI is InChI=1S/C13H18N2O5S/c1-4-13(17)20-9-12(16)14-10-5-7-11(8-6-10)21(18,19)15(2)3/h5-8H,4,9H2,1-3H3,(H,14,16). The summed E-state index contributed by atoms with van der Waals surface area (Å²) in [6, 6.07) is 5.72. The fourth-order valence-electron chi connectivity index (χ4n) is 1.37. The first kappa shape index (κ1) is 17.1. The first-order chi connectivity index (χ1) is 9.77. The van der Waals surface area contributed by atoms with Gasteiger partial charge in [-0.2, -0.15) is 0 Å². The first-order valence-electron chi connectivity index (χ1n) is 6.25. The summed E-state index contributed by atoms with van der Waals surface area (Å²) in [6.45, 7) is 1.26. The minimum absolute atomic E-state index is 0.128. The van der Waals surface area contributed by atoms with Gasteiger partial charge in [0, 0.05) is 26.2 Å². The van der Waals surface area contributed by atoms with Crippen molar-refractivity contribution in [3.63, 3.8) is 0 Å². The second kappa shape index (κ2) is 7.19. The predicted molar refractivity (Wildman–Crippen MR) is 77.2 cm³/mol. The molecule has 1 aromatic rings. The molecule has 21 heavy (non-hydrogen) atoms. The molecule has 0 aliphatic rings. The second-order valence-electron chi connectivity index (χ2n) is 4.37. The zero-order valence-electron chi connectivity index (χ0n) is 12.1. The average molecular weight is 314 g/mol. The summed E-state index contributed by atoms with van der Waals surface area (Å²) in [7, 11) is -0.620. The molecule has 0 saturated carbocycles. The van der Waals surface area contributed by atoms with Crippen LogP contribution in [-0.4, -0.2) is 45.3 Å². The molecule has 0 saturated heterocycles. The van der Waals surface area contributed by atoms with Crippen molar-refractivity contribution in [3.8, 4) is 0 Å². The van der Waals surface area contributed by atoms with Gasteiger partial charge in [-0.25, -0.2) is 12.7 Å². The Hall–Kier alpha value is -1.93. The number of nitrogens with one attached hydrogen (secondary N) is 1. The number of rotatable bonds is 6. The van der Waals surface area contributed by atoms with Gasteiger partial charge in [0.15, 0.2) is 6.61 Å². The molecule has 1 N–H and O–H groups in total. The smallest absolute Gasteiger partial charge is 0.306 e. The molecule has 0 radical (unpaired) electrons. The van der Waals surface area contributed by atoms with Crippen molar-refractivity contribution >= 4 is 27.6 Å². The Kier molecular flexibility index (Phi) is 5.86. The topological polar surface area (TPSA) is 92.8 Å². The Labute approximate surface area is 123 Å². The number of esters is 1. The maximum atomic E-state index is 11.9. The summed E-state index contributed by atoms with van der Waals surface area (Å²) in [4.78, 5) is 22.5. The number of carbonyl (C=O) groups is 2. The largest absolute Gasteiger partial charge is 0.456 e. The molecule has 0 aliphatic carbocycles. The number of nitrogens with zero attached hydrogens (tertiary/aromatic N) is 1. The summed E-state index contributed by atoms with van der Waals surface area (Å²) in [5, 5.41) is 2.50. The Morgan fingerprint density at radius 2 is 1.76 bits per heavy atom. The van der Waals surface area contributed by atoms with Gasteiger partial charge in [0.1, 0.15) is 0 Å². The lowest BCUT2D eigenvalue weighted by atomic mass is 10.3. The summed E-state index contributed by atoms with van der Waals surface area (Å²) < 4.78 is 29.5. The highest BCUT2D eigenvalue weighted by molar-refractivity contribution is 7.89. The molecule has 1 rings (SSSR count). The maximum Gasteiger partial charge on any atom is 0.306 e. The predicted octanol–water partition coefficient (Wildman–Crippen LogP) is 0.829. The van der Waals surface area contributed by atoms with Crippen LogP contribution in [0.3, 0.4) is 0 Å². The molecule has 0 bridgehead atoms. The number of anilines is 1. The van der Waals surface area contributed by atoms with E-state index in [1.54, 1.807) is 6.92 Å². The van der Waals surface area contributed by atoms with Crippen LogP contribution in [0.15, 0.2) is 29.2 Å². The zero-order chi connectivity index (χ0) is 16.0. The van der Waals surface area contributed by atoms with Crippen LogP contribution in [0.25, 0.3) is 0 Å². The molecule has 0 fully saturated rings. The molecular formula is C13H18N2O5S. The summed E-state index contributed by atoms with van der Waals surface area (Å²) in [6.07, 6.45) is 0.199. The van der Waals surface area contributed by atoms with Gasteiger partial charge in [-0.05, 0) is 24.3 Å². The van der Waals surface area contributed by atoms with Crippen molar-refractivity contribution in [1.29, 1.82) is 0 Å². The van der Waals surface area contributed by atoms with Gasteiger partial charge in [-0.3, -0.25) is 9.59 Å². The highest BCUT2D eigenvalue weighted by Crippen LogP contribution is 2.16. The van der Waals surface area contributed by atoms with Gasteiger partial charge in [0.2, 0.25) is 10.0 Å². The maximum absolute atomic E-state index is 11.9. The Bertz CT molecular complexity index is 608. The van der Waals surface area contributed by atoms with Crippen LogP contribution in [0.1, 0.15) is 13.3 Å². The van der Waals surface area contributed by atoms with Gasteiger partial charge in [0.05, 0.1) is 4.90 Å². The number of benzene rings is 1. The highest BCUT2D eigenvalue weighted by Gasteiger charge is 2.16. The lowest BCUT2D eigenvalue weighted by Crippen LogP contribution is -2.22. The zero-order valence-corrected chi connectivity index (χ0v) is 12.9. The molecule has 0 atom stereocenters. The van der Waals surface area contributed by atoms with E-state index in [9.17, 15) is 18.0 Å². The van der Waals surface area contributed by atoms with Crippen LogP contribution in [0.2, 0.25) is 0 Å². The van der Waals surface area contributed by atoms with E-state index in [0.717, 1.165) is 4.31 Å². The number of hydrogen-bond acceptors (Lipinski definition) is 5. The molecule has 0 aliphatic heterocycles. The van der Waals surface area contributed by atoms with E-state index in [0.29, 0.717) is 5.69 Å². The number of amides is 1. The quantitative estimate of drug-likeness (QED) is 0.785. The SMILES string of the molecule is CCC(=O)OCC(=O)Nc1ccc(S(=O)(=O)N(C)C)cc1. The molecule has 1 aromatic carbocycles. The lowest BCUT2D eigenvalue weighted by molar-refractivity contribution is -0.146. The third kappa shape index (κ3) is 4.83. The molecule has 0 aromatic heterocycles. The second-order valence-corrected chi connectivity index (χ2v) is 6.53. The minimum atomic E-state index is -3.50. The van der Waals surface area contributed by atoms with Crippen molar-refractivity contribution in [2.45, 2.75) is 18.2 Å². The molecule has 0 spiro atoms. The Morgan fingerprint density at radius 3 is 2.24 bits per heavy atom. The monoisotopic (exact) mass is 314 g/mol. The van der Waals surface area contributed by atoms with Gasteiger partial charge < -0.3 is 10.1 Å². The van der Waals surface area contributed by atoms with E-state index in [-0.39, 0.29) is 17.9 Å². The number of ether oxygens (including phenoxy) is 1. The van der Waals surface area contributed by atoms with Crippen LogP contribution in [0.5, 0.6) is 0 Å². The van der Waals surface area contributed by atoms with Crippen LogP contribution in [0.4, 0.5) is 5.69 Å². The van der Waals surface area contributed by atoms with Crippen LogP contribution in [-0.2, 0) is 24.3 Å². The average Bonchev–Trinajstić information content (AvgIpc) is 2.45. The van der Waals surface area contributed by atoms with E-state index in [2.05, 4.69) is 10.1 Å². The van der Waals surface area contributed by atoms with Gasteiger partial charge in [0.25, 0.3) is 5.91 Å².